The molecule has 1 aromatic heterocycles. The summed E-state index contributed by atoms with van der Waals surface area (Å²) < 4.78 is 8.11. The zero-order valence-corrected chi connectivity index (χ0v) is 18.7. The molecule has 33 heavy (non-hydrogen) atoms. The average molecular weight is 444 g/mol. The van der Waals surface area contributed by atoms with Crippen molar-refractivity contribution in [2.24, 2.45) is 0 Å². The standard InChI is InChI=1S/C27H29N3O3/c31-22-8-6-21(7-9-22)27-28-25-18-23(32)10-13-26(25)30(27)19-20-4-11-24(12-5-20)33-17-16-29-14-2-1-3-15-29/h4-13,18,31-32H,1-3,14-17,19H2. The van der Waals surface area contributed by atoms with E-state index < -0.39 is 0 Å². The number of rotatable bonds is 7. The summed E-state index contributed by atoms with van der Waals surface area (Å²) in [6, 6.07) is 20.5. The highest BCUT2D eigenvalue weighted by Crippen LogP contribution is 2.29. The molecule has 4 aromatic rings. The summed E-state index contributed by atoms with van der Waals surface area (Å²) in [7, 11) is 0. The van der Waals surface area contributed by atoms with E-state index in [1.165, 1.54) is 32.4 Å². The number of hydrogen-bond donors (Lipinski definition) is 2. The van der Waals surface area contributed by atoms with Crippen molar-refractivity contribution >= 4 is 11.0 Å². The van der Waals surface area contributed by atoms with Gasteiger partial charge in [0.15, 0.2) is 0 Å². The Balaban J connectivity index is 1.33. The van der Waals surface area contributed by atoms with Crippen molar-refractivity contribution in [2.75, 3.05) is 26.2 Å². The highest BCUT2D eigenvalue weighted by atomic mass is 16.5. The van der Waals surface area contributed by atoms with Crippen LogP contribution >= 0.6 is 0 Å². The van der Waals surface area contributed by atoms with Crippen LogP contribution < -0.4 is 4.74 Å². The Morgan fingerprint density at radius 1 is 0.818 bits per heavy atom. The Labute approximate surface area is 193 Å². The van der Waals surface area contributed by atoms with Crippen molar-refractivity contribution in [3.63, 3.8) is 0 Å². The first-order chi connectivity index (χ1) is 16.2. The fraction of sp³-hybridized carbons (Fsp3) is 0.296. The molecule has 0 bridgehead atoms. The lowest BCUT2D eigenvalue weighted by atomic mass is 10.1. The fourth-order valence-corrected chi connectivity index (χ4v) is 4.46. The van der Waals surface area contributed by atoms with E-state index in [-0.39, 0.29) is 11.5 Å². The van der Waals surface area contributed by atoms with Gasteiger partial charge in [0.1, 0.15) is 29.7 Å². The fourth-order valence-electron chi connectivity index (χ4n) is 4.46. The molecule has 0 spiro atoms. The number of ether oxygens (including phenoxy) is 1. The molecule has 0 radical (unpaired) electrons. The Hall–Kier alpha value is -3.51. The van der Waals surface area contributed by atoms with Gasteiger partial charge in [-0.05, 0) is 80.0 Å². The second-order valence-electron chi connectivity index (χ2n) is 8.64. The predicted molar refractivity (Wildman–Crippen MR) is 130 cm³/mol. The van der Waals surface area contributed by atoms with Crippen molar-refractivity contribution in [1.82, 2.24) is 14.5 Å². The van der Waals surface area contributed by atoms with Gasteiger partial charge in [-0.3, -0.25) is 4.90 Å². The number of benzene rings is 3. The van der Waals surface area contributed by atoms with Gasteiger partial charge in [0.05, 0.1) is 11.0 Å². The van der Waals surface area contributed by atoms with E-state index in [9.17, 15) is 10.2 Å². The SMILES string of the molecule is Oc1ccc(-c2nc3cc(O)ccc3n2Cc2ccc(OCCN3CCCCC3)cc2)cc1. The number of aromatic nitrogens is 2. The first-order valence-corrected chi connectivity index (χ1v) is 11.6. The number of hydrogen-bond acceptors (Lipinski definition) is 5. The third-order valence-corrected chi connectivity index (χ3v) is 6.25. The molecule has 6 heteroatoms. The number of fused-ring (bicyclic) bond motifs is 1. The topological polar surface area (TPSA) is 70.8 Å². The monoisotopic (exact) mass is 443 g/mol. The number of phenolic OH excluding ortho intramolecular Hbond substituents is 2. The number of likely N-dealkylation sites (tertiary alicyclic amines) is 1. The number of piperidine rings is 1. The number of imidazole rings is 1. The van der Waals surface area contributed by atoms with Gasteiger partial charge in [-0.1, -0.05) is 18.6 Å². The lowest BCUT2D eigenvalue weighted by Gasteiger charge is -2.26. The molecule has 3 aromatic carbocycles. The number of phenols is 2. The lowest BCUT2D eigenvalue weighted by Crippen LogP contribution is -2.33. The molecule has 0 amide bonds. The van der Waals surface area contributed by atoms with Crippen molar-refractivity contribution in [2.45, 2.75) is 25.8 Å². The highest BCUT2D eigenvalue weighted by molar-refractivity contribution is 5.82. The molecule has 0 aliphatic carbocycles. The minimum atomic E-state index is 0.190. The van der Waals surface area contributed by atoms with Gasteiger partial charge in [-0.15, -0.1) is 0 Å². The molecule has 1 aliphatic heterocycles. The van der Waals surface area contributed by atoms with Crippen molar-refractivity contribution < 1.29 is 14.9 Å². The maximum atomic E-state index is 9.91. The molecule has 6 nitrogen and oxygen atoms in total. The average Bonchev–Trinajstić information content (AvgIpc) is 3.18. The smallest absolute Gasteiger partial charge is 0.141 e. The zero-order chi connectivity index (χ0) is 22.6. The van der Waals surface area contributed by atoms with Crippen molar-refractivity contribution in [3.05, 3.63) is 72.3 Å². The van der Waals surface area contributed by atoms with Crippen LogP contribution in [0.25, 0.3) is 22.4 Å². The molecule has 170 valence electrons. The second kappa shape index (κ2) is 9.55. The summed E-state index contributed by atoms with van der Waals surface area (Å²) in [5.41, 5.74) is 3.71. The van der Waals surface area contributed by atoms with Crippen LogP contribution in [0.5, 0.6) is 17.2 Å². The molecule has 1 saturated heterocycles. The molecule has 2 heterocycles. The molecular formula is C27H29N3O3. The van der Waals surface area contributed by atoms with E-state index in [1.54, 1.807) is 24.3 Å². The predicted octanol–water partition coefficient (Wildman–Crippen LogP) is 5.03. The quantitative estimate of drug-likeness (QED) is 0.419. The molecule has 1 aliphatic rings. The molecular weight excluding hydrogens is 414 g/mol. The minimum Gasteiger partial charge on any atom is -0.508 e. The van der Waals surface area contributed by atoms with Crippen molar-refractivity contribution in [3.8, 4) is 28.6 Å². The molecule has 1 fully saturated rings. The third kappa shape index (κ3) is 4.96. The van der Waals surface area contributed by atoms with Crippen LogP contribution in [0.4, 0.5) is 0 Å². The first kappa shape index (κ1) is 21.3. The maximum absolute atomic E-state index is 9.91. The molecule has 5 rings (SSSR count). The largest absolute Gasteiger partial charge is 0.508 e. The summed E-state index contributed by atoms with van der Waals surface area (Å²) in [6.07, 6.45) is 3.94. The van der Waals surface area contributed by atoms with Crippen LogP contribution in [-0.4, -0.2) is 50.9 Å². The van der Waals surface area contributed by atoms with Gasteiger partial charge >= 0.3 is 0 Å². The number of nitrogens with zero attached hydrogens (tertiary/aromatic N) is 3. The Bertz CT molecular complexity index is 1210. The van der Waals surface area contributed by atoms with Crippen LogP contribution in [-0.2, 0) is 6.54 Å². The Morgan fingerprint density at radius 3 is 2.30 bits per heavy atom. The zero-order valence-electron chi connectivity index (χ0n) is 18.7. The van der Waals surface area contributed by atoms with Gasteiger partial charge in [0, 0.05) is 24.7 Å². The summed E-state index contributed by atoms with van der Waals surface area (Å²) in [5.74, 6) is 2.08. The summed E-state index contributed by atoms with van der Waals surface area (Å²) >= 11 is 0. The van der Waals surface area contributed by atoms with E-state index in [0.29, 0.717) is 13.2 Å². The minimum absolute atomic E-state index is 0.190. The van der Waals surface area contributed by atoms with Crippen LogP contribution in [0.15, 0.2) is 66.7 Å². The van der Waals surface area contributed by atoms with Crippen LogP contribution in [0.1, 0.15) is 24.8 Å². The van der Waals surface area contributed by atoms with E-state index in [2.05, 4.69) is 21.6 Å². The van der Waals surface area contributed by atoms with Crippen LogP contribution in [0, 0.1) is 0 Å². The van der Waals surface area contributed by atoms with E-state index in [4.69, 9.17) is 9.72 Å². The molecule has 0 atom stereocenters. The molecule has 0 unspecified atom stereocenters. The van der Waals surface area contributed by atoms with Gasteiger partial charge in [-0.2, -0.15) is 0 Å². The third-order valence-electron chi connectivity index (χ3n) is 6.25. The van der Waals surface area contributed by atoms with Gasteiger partial charge in [-0.25, -0.2) is 4.98 Å². The molecule has 2 N–H and O–H groups in total. The summed E-state index contributed by atoms with van der Waals surface area (Å²) in [4.78, 5) is 7.24. The van der Waals surface area contributed by atoms with Gasteiger partial charge in [0.2, 0.25) is 0 Å². The normalized spacial score (nSPS) is 14.5. The lowest BCUT2D eigenvalue weighted by molar-refractivity contribution is 0.183. The second-order valence-corrected chi connectivity index (χ2v) is 8.64. The van der Waals surface area contributed by atoms with E-state index >= 15 is 0 Å². The first-order valence-electron chi connectivity index (χ1n) is 11.6. The Morgan fingerprint density at radius 2 is 1.55 bits per heavy atom. The highest BCUT2D eigenvalue weighted by Gasteiger charge is 2.14. The molecule has 0 saturated carbocycles. The van der Waals surface area contributed by atoms with E-state index in [1.807, 2.05) is 30.3 Å². The van der Waals surface area contributed by atoms with Crippen LogP contribution in [0.2, 0.25) is 0 Å². The maximum Gasteiger partial charge on any atom is 0.141 e. The van der Waals surface area contributed by atoms with Gasteiger partial charge < -0.3 is 19.5 Å². The Kier molecular flexibility index (Phi) is 6.17. The summed E-state index contributed by atoms with van der Waals surface area (Å²) in [5, 5.41) is 19.6. The summed E-state index contributed by atoms with van der Waals surface area (Å²) in [6.45, 7) is 4.68. The van der Waals surface area contributed by atoms with Crippen molar-refractivity contribution in [1.29, 1.82) is 0 Å². The van der Waals surface area contributed by atoms with Crippen LogP contribution in [0.3, 0.4) is 0 Å². The number of aromatic hydroxyl groups is 2. The van der Waals surface area contributed by atoms with Gasteiger partial charge in [0.25, 0.3) is 0 Å². The van der Waals surface area contributed by atoms with E-state index in [0.717, 1.165) is 40.3 Å².